The molecule has 2 rings (SSSR count). The summed E-state index contributed by atoms with van der Waals surface area (Å²) in [4.78, 5) is 16.1. The van der Waals surface area contributed by atoms with Crippen molar-refractivity contribution in [2.24, 2.45) is 5.92 Å². The molecule has 180 valence electrons. The Kier molecular flexibility index (Phi) is 11.3. The zero-order valence-corrected chi connectivity index (χ0v) is 20.9. The van der Waals surface area contributed by atoms with E-state index in [9.17, 15) is 10.1 Å². The molecule has 1 aliphatic rings. The smallest absolute Gasteiger partial charge is 0.276 e. The van der Waals surface area contributed by atoms with Gasteiger partial charge in [0.2, 0.25) is 0 Å². The number of methoxy groups -OCH3 is 1. The van der Waals surface area contributed by atoms with E-state index < -0.39 is 0 Å². The van der Waals surface area contributed by atoms with Gasteiger partial charge in [0.05, 0.1) is 24.2 Å². The maximum atomic E-state index is 11.8. The third-order valence-electron chi connectivity index (χ3n) is 6.27. The van der Waals surface area contributed by atoms with E-state index in [4.69, 9.17) is 21.7 Å². The van der Waals surface area contributed by atoms with Gasteiger partial charge in [-0.15, -0.1) is 0 Å². The minimum Gasteiger partial charge on any atom is -0.496 e. The normalized spacial score (nSPS) is 16.0. The number of likely N-dealkylation sites (N-methyl/N-ethyl adjacent to an activating group) is 1. The van der Waals surface area contributed by atoms with Crippen molar-refractivity contribution in [3.05, 3.63) is 33.4 Å². The first-order valence-electron chi connectivity index (χ1n) is 11.8. The number of benzene rings is 1. The molecule has 0 amide bonds. The predicted molar refractivity (Wildman–Crippen MR) is 133 cm³/mol. The van der Waals surface area contributed by atoms with Gasteiger partial charge in [-0.3, -0.25) is 15.0 Å². The molecule has 0 aromatic heterocycles. The van der Waals surface area contributed by atoms with Crippen molar-refractivity contribution in [3.63, 3.8) is 0 Å². The molecule has 7 nitrogen and oxygen atoms in total. The molecule has 0 spiro atoms. The quantitative estimate of drug-likeness (QED) is 0.234. The highest BCUT2D eigenvalue weighted by atomic mass is 32.1. The summed E-state index contributed by atoms with van der Waals surface area (Å²) >= 11 is 5.42. The number of thiocarbonyl (C=S) groups is 1. The summed E-state index contributed by atoms with van der Waals surface area (Å²) in [6.45, 7) is 9.59. The van der Waals surface area contributed by atoms with Gasteiger partial charge in [-0.05, 0) is 49.7 Å². The second-order valence-corrected chi connectivity index (χ2v) is 9.19. The fourth-order valence-corrected chi connectivity index (χ4v) is 4.22. The van der Waals surface area contributed by atoms with Crippen LogP contribution in [0.25, 0.3) is 0 Å². The Hall–Kier alpha value is -1.77. The molecule has 1 fully saturated rings. The Labute approximate surface area is 198 Å². The molecule has 0 aliphatic carbocycles. The minimum absolute atomic E-state index is 0.102. The Morgan fingerprint density at radius 2 is 1.97 bits per heavy atom. The maximum Gasteiger partial charge on any atom is 0.276 e. The average Bonchev–Trinajstić information content (AvgIpc) is 2.79. The van der Waals surface area contributed by atoms with Crippen molar-refractivity contribution in [1.82, 2.24) is 9.80 Å². The van der Waals surface area contributed by atoms with Gasteiger partial charge in [-0.2, -0.15) is 0 Å². The summed E-state index contributed by atoms with van der Waals surface area (Å²) in [5, 5.41) is 12.4. The van der Waals surface area contributed by atoms with Crippen LogP contribution in [0, 0.1) is 16.0 Å². The van der Waals surface area contributed by atoms with Gasteiger partial charge in [-0.1, -0.05) is 33.1 Å². The van der Waals surface area contributed by atoms with Gasteiger partial charge in [0.15, 0.2) is 5.05 Å². The molecule has 1 atom stereocenters. The molecule has 1 unspecified atom stereocenters. The molecule has 0 radical (unpaired) electrons. The van der Waals surface area contributed by atoms with Crippen molar-refractivity contribution < 1.29 is 14.4 Å². The molecule has 1 heterocycles. The Morgan fingerprint density at radius 3 is 2.56 bits per heavy atom. The van der Waals surface area contributed by atoms with E-state index in [0.29, 0.717) is 48.3 Å². The molecule has 1 aliphatic heterocycles. The highest BCUT2D eigenvalue weighted by molar-refractivity contribution is 7.80. The van der Waals surface area contributed by atoms with Gasteiger partial charge < -0.3 is 14.4 Å². The number of hydrogen-bond donors (Lipinski definition) is 0. The highest BCUT2D eigenvalue weighted by Gasteiger charge is 2.23. The monoisotopic (exact) mass is 465 g/mol. The summed E-state index contributed by atoms with van der Waals surface area (Å²) in [5.74, 6) is 1.06. The predicted octanol–water partition coefficient (Wildman–Crippen LogP) is 4.84. The summed E-state index contributed by atoms with van der Waals surface area (Å²) in [5.41, 5.74) is 1.59. The maximum absolute atomic E-state index is 11.8. The number of nitrogens with zero attached hydrogens (tertiary/aromatic N) is 3. The van der Waals surface area contributed by atoms with Crippen molar-refractivity contribution in [2.75, 3.05) is 46.9 Å². The van der Waals surface area contributed by atoms with E-state index in [1.165, 1.54) is 12.8 Å². The Bertz CT molecular complexity index is 751. The molecule has 0 bridgehead atoms. The molecule has 8 heteroatoms. The van der Waals surface area contributed by atoms with Gasteiger partial charge >= 0.3 is 0 Å². The molecule has 1 saturated heterocycles. The first kappa shape index (κ1) is 26.5. The molecule has 0 N–H and O–H groups in total. The standard InChI is InChI=1S/C24H39N3O4S/c1-5-7-8-19(6-2)18-31-24(32)10-9-21-22(27(28)29)15-20(16-23(21)30-4)17-26-13-11-25(3)12-14-26/h15-16,19H,5-14,17-18H2,1-4H3. The topological polar surface area (TPSA) is 68.1 Å². The van der Waals surface area contributed by atoms with Gasteiger partial charge in [0, 0.05) is 45.2 Å². The number of nitro groups is 1. The van der Waals surface area contributed by atoms with E-state index >= 15 is 0 Å². The fourth-order valence-electron chi connectivity index (χ4n) is 4.05. The number of hydrogen-bond acceptors (Lipinski definition) is 7. The SMILES string of the molecule is CCCCC(CC)COC(=S)CCc1c(OC)cc(CN2CCN(C)CC2)cc1[N+](=O)[O-]. The van der Waals surface area contributed by atoms with Gasteiger partial charge in [-0.25, -0.2) is 0 Å². The van der Waals surface area contributed by atoms with Crippen LogP contribution < -0.4 is 4.74 Å². The largest absolute Gasteiger partial charge is 0.496 e. The fraction of sp³-hybridized carbons (Fsp3) is 0.708. The summed E-state index contributed by atoms with van der Waals surface area (Å²) in [6.07, 6.45) is 5.47. The second-order valence-electron chi connectivity index (χ2n) is 8.73. The van der Waals surface area contributed by atoms with Crippen LogP contribution in [0.2, 0.25) is 0 Å². The summed E-state index contributed by atoms with van der Waals surface area (Å²) in [7, 11) is 3.68. The third kappa shape index (κ3) is 8.30. The molecule has 1 aromatic carbocycles. The zero-order chi connectivity index (χ0) is 23.5. The summed E-state index contributed by atoms with van der Waals surface area (Å²) < 4.78 is 11.4. The van der Waals surface area contributed by atoms with Crippen molar-refractivity contribution in [2.45, 2.75) is 58.9 Å². The number of unbranched alkanes of at least 4 members (excludes halogenated alkanes) is 1. The first-order chi connectivity index (χ1) is 15.4. The number of nitro benzene ring substituents is 1. The lowest BCUT2D eigenvalue weighted by atomic mass is 10.0. The lowest BCUT2D eigenvalue weighted by Crippen LogP contribution is -2.43. The van der Waals surface area contributed by atoms with E-state index in [2.05, 4.69) is 30.7 Å². The van der Waals surface area contributed by atoms with Gasteiger partial charge in [0.1, 0.15) is 5.75 Å². The van der Waals surface area contributed by atoms with Crippen LogP contribution in [0.3, 0.4) is 0 Å². The molecule has 32 heavy (non-hydrogen) atoms. The van der Waals surface area contributed by atoms with E-state index in [1.54, 1.807) is 13.2 Å². The van der Waals surface area contributed by atoms with Crippen molar-refractivity contribution in [1.29, 1.82) is 0 Å². The zero-order valence-electron chi connectivity index (χ0n) is 20.1. The van der Waals surface area contributed by atoms with Crippen LogP contribution in [0.4, 0.5) is 5.69 Å². The van der Waals surface area contributed by atoms with Crippen molar-refractivity contribution in [3.8, 4) is 5.75 Å². The highest BCUT2D eigenvalue weighted by Crippen LogP contribution is 2.32. The molecular weight excluding hydrogens is 426 g/mol. The Morgan fingerprint density at radius 1 is 1.25 bits per heavy atom. The van der Waals surface area contributed by atoms with Gasteiger partial charge in [0.25, 0.3) is 5.69 Å². The van der Waals surface area contributed by atoms with Crippen LogP contribution in [-0.2, 0) is 17.7 Å². The van der Waals surface area contributed by atoms with E-state index in [0.717, 1.165) is 44.6 Å². The molecular formula is C24H39N3O4S. The number of ether oxygens (including phenoxy) is 2. The van der Waals surface area contributed by atoms with E-state index in [1.807, 2.05) is 6.07 Å². The van der Waals surface area contributed by atoms with Crippen LogP contribution in [0.15, 0.2) is 12.1 Å². The average molecular weight is 466 g/mol. The van der Waals surface area contributed by atoms with Crippen molar-refractivity contribution >= 4 is 23.0 Å². The van der Waals surface area contributed by atoms with Crippen LogP contribution in [0.5, 0.6) is 5.75 Å². The molecule has 1 aromatic rings. The van der Waals surface area contributed by atoms with Crippen LogP contribution in [-0.4, -0.2) is 66.7 Å². The lowest BCUT2D eigenvalue weighted by molar-refractivity contribution is -0.385. The third-order valence-corrected chi connectivity index (χ3v) is 6.59. The minimum atomic E-state index is -0.312. The van der Waals surface area contributed by atoms with Crippen LogP contribution in [0.1, 0.15) is 57.1 Å². The van der Waals surface area contributed by atoms with Crippen LogP contribution >= 0.6 is 12.2 Å². The number of piperazine rings is 1. The second kappa shape index (κ2) is 13.7. The van der Waals surface area contributed by atoms with E-state index in [-0.39, 0.29) is 10.6 Å². The lowest BCUT2D eigenvalue weighted by Gasteiger charge is -2.32. The first-order valence-corrected chi connectivity index (χ1v) is 12.2. The number of rotatable bonds is 13. The summed E-state index contributed by atoms with van der Waals surface area (Å²) in [6, 6.07) is 3.63. The Balaban J connectivity index is 2.03. The molecule has 0 saturated carbocycles.